The maximum Gasteiger partial charge on any atom is 0.258 e. The lowest BCUT2D eigenvalue weighted by atomic mass is 9.85. The number of aliphatic hydroxyl groups excluding tert-OH is 1. The second kappa shape index (κ2) is 8.01. The molecule has 0 aromatic heterocycles. The average Bonchev–Trinajstić information content (AvgIpc) is 2.47. The monoisotopic (exact) mass is 375 g/mol. The van der Waals surface area contributed by atoms with Gasteiger partial charge in [0.05, 0.1) is 4.47 Å². The van der Waals surface area contributed by atoms with Crippen molar-refractivity contribution in [2.24, 2.45) is 5.92 Å². The van der Waals surface area contributed by atoms with Crippen LogP contribution < -0.4 is 10.1 Å². The maximum absolute atomic E-state index is 12.0. The molecule has 0 spiro atoms. The molecular weight excluding hydrogens is 358 g/mol. The molecule has 116 valence electrons. The van der Waals surface area contributed by atoms with Crippen molar-refractivity contribution >= 4 is 33.4 Å². The van der Waals surface area contributed by atoms with Crippen molar-refractivity contribution in [3.05, 3.63) is 27.7 Å². The molecule has 0 radical (unpaired) electrons. The number of aliphatic hydroxyl groups is 1. The summed E-state index contributed by atoms with van der Waals surface area (Å²) >= 11 is 9.19. The second-order valence-electron chi connectivity index (χ2n) is 5.26. The molecule has 2 unspecified atom stereocenters. The van der Waals surface area contributed by atoms with E-state index in [2.05, 4.69) is 21.2 Å². The molecular formula is C15H19BrClNO3. The summed E-state index contributed by atoms with van der Waals surface area (Å²) in [6.45, 7) is 0.0728. The summed E-state index contributed by atoms with van der Waals surface area (Å²) in [5.74, 6) is 0.573. The Morgan fingerprint density at radius 3 is 2.90 bits per heavy atom. The molecule has 1 amide bonds. The highest BCUT2D eigenvalue weighted by atomic mass is 79.9. The van der Waals surface area contributed by atoms with Gasteiger partial charge in [-0.05, 0) is 47.0 Å². The summed E-state index contributed by atoms with van der Waals surface area (Å²) in [6, 6.07) is 5.20. The molecule has 6 heteroatoms. The van der Waals surface area contributed by atoms with E-state index in [1.165, 1.54) is 0 Å². The van der Waals surface area contributed by atoms with E-state index >= 15 is 0 Å². The van der Waals surface area contributed by atoms with Crippen molar-refractivity contribution in [2.45, 2.75) is 31.7 Å². The standard InChI is InChI=1S/C15H19BrClNO3/c16-12-7-11(17)5-6-14(12)21-9-15(20)18-13-4-2-1-3-10(13)8-19/h5-7,10,13,19H,1-4,8-9H2,(H,18,20). The topological polar surface area (TPSA) is 58.6 Å². The third-order valence-electron chi connectivity index (χ3n) is 3.74. The van der Waals surface area contributed by atoms with Gasteiger partial charge in [-0.3, -0.25) is 4.79 Å². The number of ether oxygens (including phenoxy) is 1. The van der Waals surface area contributed by atoms with Gasteiger partial charge in [-0.2, -0.15) is 0 Å². The first-order chi connectivity index (χ1) is 10.1. The zero-order valence-electron chi connectivity index (χ0n) is 11.6. The molecule has 21 heavy (non-hydrogen) atoms. The lowest BCUT2D eigenvalue weighted by Crippen LogP contribution is -2.45. The molecule has 0 aliphatic heterocycles. The lowest BCUT2D eigenvalue weighted by molar-refractivity contribution is -0.124. The Morgan fingerprint density at radius 2 is 2.19 bits per heavy atom. The van der Waals surface area contributed by atoms with Crippen molar-refractivity contribution in [1.29, 1.82) is 0 Å². The van der Waals surface area contributed by atoms with Crippen LogP contribution in [0.2, 0.25) is 5.02 Å². The van der Waals surface area contributed by atoms with Crippen LogP contribution in [0.3, 0.4) is 0 Å². The molecule has 0 saturated heterocycles. The molecule has 1 aromatic carbocycles. The summed E-state index contributed by atoms with van der Waals surface area (Å²) < 4.78 is 6.20. The molecule has 1 aromatic rings. The third kappa shape index (κ3) is 4.87. The number of halogens is 2. The van der Waals surface area contributed by atoms with Gasteiger partial charge in [0.1, 0.15) is 5.75 Å². The van der Waals surface area contributed by atoms with Crippen LogP contribution in [0.5, 0.6) is 5.75 Å². The first-order valence-electron chi connectivity index (χ1n) is 7.08. The van der Waals surface area contributed by atoms with Crippen LogP contribution in [0.4, 0.5) is 0 Å². The van der Waals surface area contributed by atoms with E-state index in [0.29, 0.717) is 15.2 Å². The van der Waals surface area contributed by atoms with E-state index in [1.54, 1.807) is 18.2 Å². The van der Waals surface area contributed by atoms with Gasteiger partial charge in [0.15, 0.2) is 6.61 Å². The Balaban J connectivity index is 1.84. The van der Waals surface area contributed by atoms with Gasteiger partial charge in [0.2, 0.25) is 0 Å². The van der Waals surface area contributed by atoms with Crippen LogP contribution >= 0.6 is 27.5 Å². The fourth-order valence-corrected chi connectivity index (χ4v) is 3.40. The molecule has 2 N–H and O–H groups in total. The molecule has 1 aliphatic carbocycles. The summed E-state index contributed by atoms with van der Waals surface area (Å²) in [5.41, 5.74) is 0. The number of nitrogens with one attached hydrogen (secondary N) is 1. The van der Waals surface area contributed by atoms with Crippen LogP contribution in [-0.2, 0) is 4.79 Å². The highest BCUT2D eigenvalue weighted by Gasteiger charge is 2.25. The van der Waals surface area contributed by atoms with Gasteiger partial charge in [-0.15, -0.1) is 0 Å². The first-order valence-corrected chi connectivity index (χ1v) is 8.25. The van der Waals surface area contributed by atoms with Crippen molar-refractivity contribution in [1.82, 2.24) is 5.32 Å². The normalized spacial score (nSPS) is 21.9. The minimum absolute atomic E-state index is 0.0467. The SMILES string of the molecule is O=C(COc1ccc(Cl)cc1Br)NC1CCCCC1CO. The molecule has 4 nitrogen and oxygen atoms in total. The van der Waals surface area contributed by atoms with Gasteiger partial charge in [0, 0.05) is 23.6 Å². The van der Waals surface area contributed by atoms with Crippen molar-refractivity contribution in [3.8, 4) is 5.75 Å². The van der Waals surface area contributed by atoms with Gasteiger partial charge in [-0.25, -0.2) is 0 Å². The van der Waals surface area contributed by atoms with Crippen LogP contribution in [-0.4, -0.2) is 30.3 Å². The molecule has 1 saturated carbocycles. The predicted octanol–water partition coefficient (Wildman–Crippen LogP) is 3.15. The minimum Gasteiger partial charge on any atom is -0.483 e. The Labute approximate surface area is 138 Å². The summed E-state index contributed by atoms with van der Waals surface area (Å²) in [7, 11) is 0. The smallest absolute Gasteiger partial charge is 0.258 e. The van der Waals surface area contributed by atoms with E-state index in [-0.39, 0.29) is 31.1 Å². The highest BCUT2D eigenvalue weighted by Crippen LogP contribution is 2.28. The molecule has 2 atom stereocenters. The van der Waals surface area contributed by atoms with Gasteiger partial charge in [-0.1, -0.05) is 24.4 Å². The number of hydrogen-bond donors (Lipinski definition) is 2. The van der Waals surface area contributed by atoms with Gasteiger partial charge < -0.3 is 15.2 Å². The van der Waals surface area contributed by atoms with Crippen molar-refractivity contribution in [3.63, 3.8) is 0 Å². The molecule has 2 rings (SSSR count). The summed E-state index contributed by atoms with van der Waals surface area (Å²) in [4.78, 5) is 12.0. The molecule has 1 fully saturated rings. The van der Waals surface area contributed by atoms with Gasteiger partial charge >= 0.3 is 0 Å². The maximum atomic E-state index is 12.0. The Bertz CT molecular complexity index is 498. The largest absolute Gasteiger partial charge is 0.483 e. The van der Waals surface area contributed by atoms with Crippen LogP contribution in [0, 0.1) is 5.92 Å². The van der Waals surface area contributed by atoms with E-state index in [9.17, 15) is 9.90 Å². The highest BCUT2D eigenvalue weighted by molar-refractivity contribution is 9.10. The predicted molar refractivity (Wildman–Crippen MR) is 85.6 cm³/mol. The third-order valence-corrected chi connectivity index (χ3v) is 4.60. The quantitative estimate of drug-likeness (QED) is 0.830. The van der Waals surface area contributed by atoms with E-state index in [0.717, 1.165) is 25.7 Å². The fourth-order valence-electron chi connectivity index (χ4n) is 2.60. The van der Waals surface area contributed by atoms with Crippen LogP contribution in [0.25, 0.3) is 0 Å². The second-order valence-corrected chi connectivity index (χ2v) is 6.56. The number of rotatable bonds is 5. The number of carbonyl (C=O) groups is 1. The van der Waals surface area contributed by atoms with E-state index in [1.807, 2.05) is 0 Å². The average molecular weight is 377 g/mol. The Morgan fingerprint density at radius 1 is 1.43 bits per heavy atom. The molecule has 1 aliphatic rings. The summed E-state index contributed by atoms with van der Waals surface area (Å²) in [6.07, 6.45) is 4.09. The Kier molecular flexibility index (Phi) is 6.33. The summed E-state index contributed by atoms with van der Waals surface area (Å²) in [5, 5.41) is 12.9. The van der Waals surface area contributed by atoms with Crippen molar-refractivity contribution in [2.75, 3.05) is 13.2 Å². The minimum atomic E-state index is -0.165. The number of hydrogen-bond acceptors (Lipinski definition) is 3. The van der Waals surface area contributed by atoms with Crippen LogP contribution in [0.15, 0.2) is 22.7 Å². The van der Waals surface area contributed by atoms with Gasteiger partial charge in [0.25, 0.3) is 5.91 Å². The first kappa shape index (κ1) is 16.6. The molecule has 0 heterocycles. The zero-order chi connectivity index (χ0) is 15.2. The zero-order valence-corrected chi connectivity index (χ0v) is 14.0. The number of amides is 1. The van der Waals surface area contributed by atoms with Crippen LogP contribution in [0.1, 0.15) is 25.7 Å². The molecule has 0 bridgehead atoms. The lowest BCUT2D eigenvalue weighted by Gasteiger charge is -2.30. The number of carbonyl (C=O) groups excluding carboxylic acids is 1. The Hall–Kier alpha value is -0.780. The van der Waals surface area contributed by atoms with E-state index < -0.39 is 0 Å². The number of benzene rings is 1. The fraction of sp³-hybridized carbons (Fsp3) is 0.533. The van der Waals surface area contributed by atoms with Crippen molar-refractivity contribution < 1.29 is 14.6 Å². The van der Waals surface area contributed by atoms with E-state index in [4.69, 9.17) is 16.3 Å².